The van der Waals surface area contributed by atoms with Crippen molar-refractivity contribution in [3.05, 3.63) is 35.4 Å². The monoisotopic (exact) mass is 235 g/mol. The van der Waals surface area contributed by atoms with Crippen LogP contribution < -0.4 is 10.5 Å². The average molecular weight is 235 g/mol. The summed E-state index contributed by atoms with van der Waals surface area (Å²) in [4.78, 5) is 21.7. The minimum Gasteiger partial charge on any atom is -0.496 e. The Kier molecular flexibility index (Phi) is 4.28. The Morgan fingerprint density at radius 2 is 2.06 bits per heavy atom. The molecule has 0 aliphatic rings. The van der Waals surface area contributed by atoms with E-state index in [-0.39, 0.29) is 5.57 Å². The molecule has 5 heteroatoms. The van der Waals surface area contributed by atoms with Crippen molar-refractivity contribution in [3.63, 3.8) is 0 Å². The highest BCUT2D eigenvalue weighted by Crippen LogP contribution is 2.21. The lowest BCUT2D eigenvalue weighted by Crippen LogP contribution is -2.16. The van der Waals surface area contributed by atoms with Crippen molar-refractivity contribution in [1.82, 2.24) is 0 Å². The molecule has 1 rings (SSSR count). The molecule has 0 aromatic heterocycles. The van der Waals surface area contributed by atoms with E-state index < -0.39 is 18.3 Å². The highest BCUT2D eigenvalue weighted by molar-refractivity contribution is 6.00. The van der Waals surface area contributed by atoms with Crippen LogP contribution in [0, 0.1) is 0 Å². The second-order valence-electron chi connectivity index (χ2n) is 3.35. The van der Waals surface area contributed by atoms with Crippen molar-refractivity contribution in [2.24, 2.45) is 5.73 Å². The predicted molar refractivity (Wildman–Crippen MR) is 62.4 cm³/mol. The molecule has 0 radical (unpaired) electrons. The van der Waals surface area contributed by atoms with Crippen LogP contribution in [0.25, 0.3) is 6.08 Å². The van der Waals surface area contributed by atoms with Crippen molar-refractivity contribution in [2.45, 2.75) is 6.42 Å². The van der Waals surface area contributed by atoms with E-state index >= 15 is 0 Å². The number of aliphatic carboxylic acids is 1. The summed E-state index contributed by atoms with van der Waals surface area (Å²) in [5.74, 6) is -1.31. The summed E-state index contributed by atoms with van der Waals surface area (Å²) in [5, 5.41) is 8.66. The van der Waals surface area contributed by atoms with Crippen LogP contribution in [0.2, 0.25) is 0 Å². The topological polar surface area (TPSA) is 89.6 Å². The molecule has 0 saturated heterocycles. The Morgan fingerprint density at radius 1 is 1.41 bits per heavy atom. The molecule has 0 fully saturated rings. The van der Waals surface area contributed by atoms with Gasteiger partial charge in [0.1, 0.15) is 5.75 Å². The van der Waals surface area contributed by atoms with Gasteiger partial charge in [0.05, 0.1) is 13.5 Å². The summed E-state index contributed by atoms with van der Waals surface area (Å²) >= 11 is 0. The minimum atomic E-state index is -1.11. The first kappa shape index (κ1) is 12.8. The normalized spacial score (nSPS) is 11.0. The maximum Gasteiger partial charge on any atom is 0.308 e. The van der Waals surface area contributed by atoms with E-state index in [1.54, 1.807) is 24.3 Å². The molecule has 0 saturated carbocycles. The van der Waals surface area contributed by atoms with E-state index in [4.69, 9.17) is 15.6 Å². The molecule has 5 nitrogen and oxygen atoms in total. The number of para-hydroxylation sites is 1. The fraction of sp³-hybridized carbons (Fsp3) is 0.167. The molecule has 0 aliphatic carbocycles. The number of methoxy groups -OCH3 is 1. The Morgan fingerprint density at radius 3 is 2.59 bits per heavy atom. The molecule has 0 spiro atoms. The lowest BCUT2D eigenvalue weighted by molar-refractivity contribution is -0.136. The van der Waals surface area contributed by atoms with Crippen molar-refractivity contribution < 1.29 is 19.4 Å². The van der Waals surface area contributed by atoms with Crippen LogP contribution in [0.5, 0.6) is 5.75 Å². The van der Waals surface area contributed by atoms with E-state index in [0.29, 0.717) is 11.3 Å². The van der Waals surface area contributed by atoms with Crippen LogP contribution in [0.3, 0.4) is 0 Å². The summed E-state index contributed by atoms with van der Waals surface area (Å²) in [6, 6.07) is 6.96. The standard InChI is InChI=1S/C12H13NO4/c1-17-10-5-3-2-4-8(10)6-9(12(13)16)7-11(14)15/h2-6H,7H2,1H3,(H2,13,16)(H,14,15). The molecular formula is C12H13NO4. The SMILES string of the molecule is COc1ccccc1C=C(CC(=O)O)C(N)=O. The molecule has 0 bridgehead atoms. The zero-order valence-electron chi connectivity index (χ0n) is 9.34. The van der Waals surface area contributed by atoms with Gasteiger partial charge in [0.25, 0.3) is 0 Å². The quantitative estimate of drug-likeness (QED) is 0.746. The largest absolute Gasteiger partial charge is 0.496 e. The van der Waals surface area contributed by atoms with E-state index in [9.17, 15) is 9.59 Å². The van der Waals surface area contributed by atoms with Gasteiger partial charge in [-0.25, -0.2) is 0 Å². The summed E-state index contributed by atoms with van der Waals surface area (Å²) in [5.41, 5.74) is 5.76. The van der Waals surface area contributed by atoms with Gasteiger partial charge in [0.2, 0.25) is 5.91 Å². The fourth-order valence-electron chi connectivity index (χ4n) is 1.35. The molecule has 0 atom stereocenters. The average Bonchev–Trinajstić information content (AvgIpc) is 2.28. The molecule has 0 heterocycles. The molecule has 17 heavy (non-hydrogen) atoms. The molecule has 90 valence electrons. The number of carbonyl (C=O) groups is 2. The Bertz CT molecular complexity index is 465. The highest BCUT2D eigenvalue weighted by Gasteiger charge is 2.11. The van der Waals surface area contributed by atoms with E-state index in [2.05, 4.69) is 0 Å². The minimum absolute atomic E-state index is 0.0296. The van der Waals surface area contributed by atoms with Crippen LogP contribution in [0.1, 0.15) is 12.0 Å². The van der Waals surface area contributed by atoms with E-state index in [1.807, 2.05) is 0 Å². The summed E-state index contributed by atoms with van der Waals surface area (Å²) in [7, 11) is 1.49. The number of hydrogen-bond acceptors (Lipinski definition) is 3. The molecule has 0 unspecified atom stereocenters. The van der Waals surface area contributed by atoms with Gasteiger partial charge in [0, 0.05) is 11.1 Å². The van der Waals surface area contributed by atoms with E-state index in [1.165, 1.54) is 13.2 Å². The van der Waals surface area contributed by atoms with Crippen LogP contribution in [-0.2, 0) is 9.59 Å². The van der Waals surface area contributed by atoms with Crippen LogP contribution in [0.4, 0.5) is 0 Å². The number of nitrogens with two attached hydrogens (primary N) is 1. The van der Waals surface area contributed by atoms with Gasteiger partial charge in [-0.15, -0.1) is 0 Å². The summed E-state index contributed by atoms with van der Waals surface area (Å²) in [6.45, 7) is 0. The number of ether oxygens (including phenoxy) is 1. The van der Waals surface area contributed by atoms with Crippen molar-refractivity contribution >= 4 is 18.0 Å². The lowest BCUT2D eigenvalue weighted by Gasteiger charge is -2.05. The van der Waals surface area contributed by atoms with Gasteiger partial charge >= 0.3 is 5.97 Å². The fourth-order valence-corrected chi connectivity index (χ4v) is 1.35. The first-order chi connectivity index (χ1) is 8.04. The van der Waals surface area contributed by atoms with Gasteiger partial charge in [-0.05, 0) is 12.1 Å². The predicted octanol–water partition coefficient (Wildman–Crippen LogP) is 1.04. The Balaban J connectivity index is 3.12. The van der Waals surface area contributed by atoms with Crippen LogP contribution >= 0.6 is 0 Å². The van der Waals surface area contributed by atoms with Gasteiger partial charge in [-0.3, -0.25) is 9.59 Å². The maximum atomic E-state index is 11.1. The maximum absolute atomic E-state index is 11.1. The number of carbonyl (C=O) groups excluding carboxylic acids is 1. The molecule has 1 aromatic rings. The zero-order chi connectivity index (χ0) is 12.8. The number of hydrogen-bond donors (Lipinski definition) is 2. The third-order valence-corrected chi connectivity index (χ3v) is 2.13. The van der Waals surface area contributed by atoms with Gasteiger partial charge in [-0.2, -0.15) is 0 Å². The van der Waals surface area contributed by atoms with Crippen LogP contribution in [-0.4, -0.2) is 24.1 Å². The number of primary amides is 1. The number of carboxylic acid groups (broad SMARTS) is 1. The first-order valence-corrected chi connectivity index (χ1v) is 4.89. The van der Waals surface area contributed by atoms with Crippen molar-refractivity contribution in [3.8, 4) is 5.75 Å². The number of rotatable bonds is 5. The van der Waals surface area contributed by atoms with Gasteiger partial charge < -0.3 is 15.6 Å². The van der Waals surface area contributed by atoms with Crippen LogP contribution in [0.15, 0.2) is 29.8 Å². The highest BCUT2D eigenvalue weighted by atomic mass is 16.5. The molecule has 3 N–H and O–H groups in total. The molecule has 1 aromatic carbocycles. The summed E-state index contributed by atoms with van der Waals surface area (Å²) < 4.78 is 5.09. The number of amides is 1. The van der Waals surface area contributed by atoms with Crippen molar-refractivity contribution in [2.75, 3.05) is 7.11 Å². The lowest BCUT2D eigenvalue weighted by atomic mass is 10.1. The zero-order valence-corrected chi connectivity index (χ0v) is 9.34. The Hall–Kier alpha value is -2.30. The second-order valence-corrected chi connectivity index (χ2v) is 3.35. The molecule has 0 aliphatic heterocycles. The van der Waals surface area contributed by atoms with Gasteiger partial charge in [-0.1, -0.05) is 18.2 Å². The Labute approximate surface area is 98.5 Å². The number of benzene rings is 1. The van der Waals surface area contributed by atoms with E-state index in [0.717, 1.165) is 0 Å². The van der Waals surface area contributed by atoms with Crippen molar-refractivity contribution in [1.29, 1.82) is 0 Å². The number of carboxylic acids is 1. The third kappa shape index (κ3) is 3.64. The smallest absolute Gasteiger partial charge is 0.308 e. The van der Waals surface area contributed by atoms with Gasteiger partial charge in [0.15, 0.2) is 0 Å². The third-order valence-electron chi connectivity index (χ3n) is 2.13. The molecular weight excluding hydrogens is 222 g/mol. The second kappa shape index (κ2) is 5.69. The first-order valence-electron chi connectivity index (χ1n) is 4.89. The summed E-state index contributed by atoms with van der Waals surface area (Å²) in [6.07, 6.45) is 1.02. The molecule has 1 amide bonds.